The average molecular weight is 320 g/mol. The van der Waals surface area contributed by atoms with Crippen LogP contribution in [0.5, 0.6) is 5.75 Å². The summed E-state index contributed by atoms with van der Waals surface area (Å²) in [6, 6.07) is 15.6. The summed E-state index contributed by atoms with van der Waals surface area (Å²) in [5.74, 6) is 0.930. The zero-order valence-corrected chi connectivity index (χ0v) is 14.4. The van der Waals surface area contributed by atoms with E-state index in [1.54, 1.807) is 7.11 Å². The van der Waals surface area contributed by atoms with Crippen LogP contribution in [0.4, 0.5) is 0 Å². The van der Waals surface area contributed by atoms with E-state index in [1.807, 2.05) is 0 Å². The van der Waals surface area contributed by atoms with E-state index in [9.17, 15) is 0 Å². The van der Waals surface area contributed by atoms with Gasteiger partial charge in [-0.2, -0.15) is 0 Å². The lowest BCUT2D eigenvalue weighted by atomic mass is 9.97. The van der Waals surface area contributed by atoms with Gasteiger partial charge in [-0.3, -0.25) is 0 Å². The van der Waals surface area contributed by atoms with Crippen molar-refractivity contribution in [2.45, 2.75) is 26.3 Å². The second-order valence-corrected chi connectivity index (χ2v) is 6.44. The van der Waals surface area contributed by atoms with Crippen LogP contribution in [0, 0.1) is 0 Å². The molecule has 0 amide bonds. The number of fused-ring (bicyclic) bond motifs is 3. The molecule has 0 atom stereocenters. The Kier molecular flexibility index (Phi) is 4.03. The summed E-state index contributed by atoms with van der Waals surface area (Å²) in [6.07, 6.45) is 2.10. The minimum Gasteiger partial charge on any atom is -0.497 e. The molecule has 0 saturated carbocycles. The van der Waals surface area contributed by atoms with Crippen LogP contribution in [0.3, 0.4) is 0 Å². The van der Waals surface area contributed by atoms with Crippen LogP contribution >= 0.6 is 0 Å². The third-order valence-corrected chi connectivity index (χ3v) is 5.06. The molecule has 0 fully saturated rings. The normalized spacial score (nSPS) is 14.4. The van der Waals surface area contributed by atoms with Crippen molar-refractivity contribution < 1.29 is 4.74 Å². The molecule has 0 aliphatic carbocycles. The number of aryl methyl sites for hydroxylation is 1. The molecule has 3 aromatic rings. The summed E-state index contributed by atoms with van der Waals surface area (Å²) >= 11 is 0. The number of hydrogen-bond acceptors (Lipinski definition) is 2. The number of aromatic nitrogens is 1. The van der Waals surface area contributed by atoms with Crippen LogP contribution in [-0.4, -0.2) is 24.8 Å². The van der Waals surface area contributed by atoms with Gasteiger partial charge in [0, 0.05) is 37.3 Å². The van der Waals surface area contributed by atoms with E-state index in [4.69, 9.17) is 4.74 Å². The third kappa shape index (κ3) is 2.59. The van der Waals surface area contributed by atoms with Crippen molar-refractivity contribution in [3.8, 4) is 16.9 Å². The van der Waals surface area contributed by atoms with Gasteiger partial charge in [0.1, 0.15) is 5.75 Å². The highest BCUT2D eigenvalue weighted by atomic mass is 16.5. The van der Waals surface area contributed by atoms with E-state index < -0.39 is 0 Å². The molecule has 0 unspecified atom stereocenters. The minimum atomic E-state index is 0.930. The number of methoxy groups -OCH3 is 1. The fourth-order valence-corrected chi connectivity index (χ4v) is 3.75. The molecular formula is C21H24N2O. The Hall–Kier alpha value is -2.26. The fourth-order valence-electron chi connectivity index (χ4n) is 3.75. The Morgan fingerprint density at radius 1 is 1.08 bits per heavy atom. The predicted octanol–water partition coefficient (Wildman–Crippen LogP) is 4.03. The molecule has 3 heteroatoms. The van der Waals surface area contributed by atoms with Crippen molar-refractivity contribution in [2.24, 2.45) is 0 Å². The Balaban J connectivity index is 1.84. The maximum atomic E-state index is 5.38. The molecule has 0 saturated heterocycles. The first-order valence-corrected chi connectivity index (χ1v) is 8.80. The molecule has 1 aliphatic heterocycles. The Morgan fingerprint density at radius 2 is 2.00 bits per heavy atom. The van der Waals surface area contributed by atoms with E-state index in [-0.39, 0.29) is 0 Å². The Bertz CT molecular complexity index is 879. The van der Waals surface area contributed by atoms with Crippen LogP contribution in [0.15, 0.2) is 42.5 Å². The van der Waals surface area contributed by atoms with Crippen molar-refractivity contribution in [2.75, 3.05) is 20.2 Å². The lowest BCUT2D eigenvalue weighted by molar-refractivity contribution is 0.414. The van der Waals surface area contributed by atoms with Crippen molar-refractivity contribution in [3.05, 3.63) is 53.7 Å². The van der Waals surface area contributed by atoms with Crippen LogP contribution in [0.25, 0.3) is 22.0 Å². The molecule has 0 radical (unpaired) electrons. The van der Waals surface area contributed by atoms with Gasteiger partial charge in [0.05, 0.1) is 7.11 Å². The Morgan fingerprint density at radius 3 is 2.83 bits per heavy atom. The number of ether oxygens (including phenoxy) is 1. The number of nitrogens with one attached hydrogen (secondary N) is 1. The fraction of sp³-hybridized carbons (Fsp3) is 0.333. The molecule has 124 valence electrons. The summed E-state index contributed by atoms with van der Waals surface area (Å²) in [4.78, 5) is 0. The lowest BCUT2D eigenvalue weighted by Gasteiger charge is -2.12. The highest BCUT2D eigenvalue weighted by Gasteiger charge is 2.13. The number of rotatable bonds is 3. The zero-order chi connectivity index (χ0) is 16.5. The summed E-state index contributed by atoms with van der Waals surface area (Å²) in [7, 11) is 1.73. The van der Waals surface area contributed by atoms with Gasteiger partial charge in [-0.25, -0.2) is 0 Å². The number of benzene rings is 2. The van der Waals surface area contributed by atoms with Crippen molar-refractivity contribution >= 4 is 10.9 Å². The maximum absolute atomic E-state index is 5.38. The van der Waals surface area contributed by atoms with E-state index >= 15 is 0 Å². The summed E-state index contributed by atoms with van der Waals surface area (Å²) in [5.41, 5.74) is 6.72. The lowest BCUT2D eigenvalue weighted by Crippen LogP contribution is -2.17. The average Bonchev–Trinajstić information content (AvgIpc) is 2.81. The summed E-state index contributed by atoms with van der Waals surface area (Å²) < 4.78 is 7.86. The molecule has 1 aliphatic rings. The molecule has 2 aromatic carbocycles. The molecule has 1 N–H and O–H groups in total. The van der Waals surface area contributed by atoms with Crippen LogP contribution in [0.1, 0.15) is 18.2 Å². The molecule has 2 heterocycles. The standard InChI is InChI=1S/C21H24N2O/c1-3-15-13-19(24-2)6-7-20(15)16-4-5-17-12-18-8-9-22-10-11-23(18)21(17)14-16/h4-7,12-14,22H,3,8-11H2,1-2H3. The second-order valence-electron chi connectivity index (χ2n) is 6.44. The Labute approximate surface area is 143 Å². The molecule has 0 bridgehead atoms. The van der Waals surface area contributed by atoms with Gasteiger partial charge in [0.25, 0.3) is 0 Å². The topological polar surface area (TPSA) is 26.2 Å². The molecule has 0 spiro atoms. The van der Waals surface area contributed by atoms with Gasteiger partial charge in [0.15, 0.2) is 0 Å². The van der Waals surface area contributed by atoms with Gasteiger partial charge >= 0.3 is 0 Å². The van der Waals surface area contributed by atoms with E-state index in [0.29, 0.717) is 0 Å². The van der Waals surface area contributed by atoms with Gasteiger partial charge < -0.3 is 14.6 Å². The first kappa shape index (κ1) is 15.3. The van der Waals surface area contributed by atoms with Crippen molar-refractivity contribution in [1.29, 1.82) is 0 Å². The van der Waals surface area contributed by atoms with Gasteiger partial charge in [-0.15, -0.1) is 0 Å². The van der Waals surface area contributed by atoms with E-state index in [1.165, 1.54) is 33.3 Å². The smallest absolute Gasteiger partial charge is 0.119 e. The highest BCUT2D eigenvalue weighted by Crippen LogP contribution is 2.31. The number of nitrogens with zero attached hydrogens (tertiary/aromatic N) is 1. The van der Waals surface area contributed by atoms with Crippen LogP contribution < -0.4 is 10.1 Å². The molecule has 1 aromatic heterocycles. The SMILES string of the molecule is CCc1cc(OC)ccc1-c1ccc2cc3n(c2c1)CCNCC3. The quantitative estimate of drug-likeness (QED) is 0.789. The van der Waals surface area contributed by atoms with Gasteiger partial charge in [-0.1, -0.05) is 25.1 Å². The minimum absolute atomic E-state index is 0.930. The van der Waals surface area contributed by atoms with Gasteiger partial charge in [0.2, 0.25) is 0 Å². The number of hydrogen-bond donors (Lipinski definition) is 1. The first-order chi connectivity index (χ1) is 11.8. The molecule has 24 heavy (non-hydrogen) atoms. The second kappa shape index (κ2) is 6.33. The van der Waals surface area contributed by atoms with E-state index in [0.717, 1.165) is 38.2 Å². The van der Waals surface area contributed by atoms with Gasteiger partial charge in [-0.05, 0) is 52.8 Å². The molecule has 3 nitrogen and oxygen atoms in total. The summed E-state index contributed by atoms with van der Waals surface area (Å²) in [5, 5.41) is 4.84. The largest absolute Gasteiger partial charge is 0.497 e. The van der Waals surface area contributed by atoms with E-state index in [2.05, 4.69) is 59.3 Å². The first-order valence-electron chi connectivity index (χ1n) is 8.80. The molecular weight excluding hydrogens is 296 g/mol. The highest BCUT2D eigenvalue weighted by molar-refractivity contribution is 5.87. The van der Waals surface area contributed by atoms with Crippen molar-refractivity contribution in [1.82, 2.24) is 9.88 Å². The van der Waals surface area contributed by atoms with Crippen LogP contribution in [0.2, 0.25) is 0 Å². The van der Waals surface area contributed by atoms with Crippen molar-refractivity contribution in [3.63, 3.8) is 0 Å². The predicted molar refractivity (Wildman–Crippen MR) is 99.9 cm³/mol. The molecule has 4 rings (SSSR count). The summed E-state index contributed by atoms with van der Waals surface area (Å²) in [6.45, 7) is 5.36. The third-order valence-electron chi connectivity index (χ3n) is 5.06. The van der Waals surface area contributed by atoms with Crippen LogP contribution in [-0.2, 0) is 19.4 Å². The monoisotopic (exact) mass is 320 g/mol. The maximum Gasteiger partial charge on any atom is 0.119 e. The zero-order valence-electron chi connectivity index (χ0n) is 14.4.